The molecule has 2 rings (SSSR count). The second kappa shape index (κ2) is 4.78. The first kappa shape index (κ1) is 16.4. The smallest absolute Gasteiger partial charge is 0.431 e. The number of hydrogen-bond donors (Lipinski definition) is 1. The first-order valence-corrected chi connectivity index (χ1v) is 10.1. The quantitative estimate of drug-likeness (QED) is 0.623. The van der Waals surface area contributed by atoms with Gasteiger partial charge in [-0.15, -0.1) is 0 Å². The number of aliphatic hydroxyl groups excluding tert-OH is 1. The standard InChI is InChI=1S/C14H24N2O4Si/c1-13(2,3)21(6,7)20-10-8(16-15)9(17)11-12(10)19-14(4,5)18-11/h10-12H,1-7H3/p+1/t10-,11+,12-/m1/s1. The molecule has 0 aromatic rings. The maximum atomic E-state index is 10.2. The van der Waals surface area contributed by atoms with Crippen molar-refractivity contribution in [2.24, 2.45) is 0 Å². The highest BCUT2D eigenvalue weighted by molar-refractivity contribution is 6.74. The summed E-state index contributed by atoms with van der Waals surface area (Å²) in [5, 5.41) is 19.4. The lowest BCUT2D eigenvalue weighted by Crippen LogP contribution is -2.47. The van der Waals surface area contributed by atoms with Gasteiger partial charge in [0.1, 0.15) is 6.10 Å². The van der Waals surface area contributed by atoms with Gasteiger partial charge in [0, 0.05) is 0 Å². The minimum absolute atomic E-state index is 0.00372. The third kappa shape index (κ3) is 2.73. The average Bonchev–Trinajstić information content (AvgIpc) is 2.72. The van der Waals surface area contributed by atoms with Crippen molar-refractivity contribution in [1.82, 2.24) is 0 Å². The van der Waals surface area contributed by atoms with E-state index in [1.165, 1.54) is 0 Å². The fourth-order valence-corrected chi connectivity index (χ4v) is 3.63. The maximum absolute atomic E-state index is 10.2. The number of rotatable bonds is 2. The zero-order valence-corrected chi connectivity index (χ0v) is 14.8. The number of aliphatic hydroxyl groups is 1. The Bertz CT molecular complexity index is 516. The summed E-state index contributed by atoms with van der Waals surface area (Å²) < 4.78 is 17.8. The number of hydrogen-bond acceptors (Lipinski definition) is 5. The first-order chi connectivity index (χ1) is 9.39. The van der Waals surface area contributed by atoms with Gasteiger partial charge in [-0.3, -0.25) is 0 Å². The highest BCUT2D eigenvalue weighted by atomic mass is 28.4. The van der Waals surface area contributed by atoms with Crippen LogP contribution < -0.4 is 0 Å². The Hall–Kier alpha value is -0.943. The van der Waals surface area contributed by atoms with Gasteiger partial charge < -0.3 is 19.0 Å². The molecule has 2 aliphatic rings. The zero-order chi connectivity index (χ0) is 16.2. The van der Waals surface area contributed by atoms with Crippen molar-refractivity contribution >= 4 is 8.32 Å². The van der Waals surface area contributed by atoms with Crippen LogP contribution in [-0.4, -0.2) is 37.5 Å². The Kier molecular flexibility index (Phi) is 3.74. The molecule has 1 aliphatic heterocycles. The van der Waals surface area contributed by atoms with Gasteiger partial charge in [0.2, 0.25) is 11.2 Å². The van der Waals surface area contributed by atoms with Crippen molar-refractivity contribution in [3.05, 3.63) is 16.4 Å². The Labute approximate surface area is 126 Å². The Morgan fingerprint density at radius 3 is 2.33 bits per heavy atom. The molecule has 0 aromatic heterocycles. The summed E-state index contributed by atoms with van der Waals surface area (Å²) in [6.07, 6.45) is -1.73. The lowest BCUT2D eigenvalue weighted by molar-refractivity contribution is -0.154. The van der Waals surface area contributed by atoms with Gasteiger partial charge in [0.15, 0.2) is 31.3 Å². The Morgan fingerprint density at radius 2 is 1.86 bits per heavy atom. The van der Waals surface area contributed by atoms with E-state index in [1.807, 2.05) is 0 Å². The molecule has 0 bridgehead atoms. The molecular weight excluding hydrogens is 288 g/mol. The van der Waals surface area contributed by atoms with Crippen molar-refractivity contribution in [1.29, 1.82) is 5.39 Å². The van der Waals surface area contributed by atoms with Gasteiger partial charge in [-0.1, -0.05) is 20.8 Å². The highest BCUT2D eigenvalue weighted by Crippen LogP contribution is 2.46. The van der Waals surface area contributed by atoms with Crippen LogP contribution in [0.2, 0.25) is 18.1 Å². The summed E-state index contributed by atoms with van der Waals surface area (Å²) in [6, 6.07) is 0. The second-order valence-electron chi connectivity index (χ2n) is 7.69. The van der Waals surface area contributed by atoms with Crippen LogP contribution in [0.3, 0.4) is 0 Å². The molecule has 3 atom stereocenters. The fraction of sp³-hybridized carbons (Fsp3) is 0.857. The Morgan fingerprint density at radius 1 is 1.29 bits per heavy atom. The van der Waals surface area contributed by atoms with E-state index in [9.17, 15) is 10.5 Å². The van der Waals surface area contributed by atoms with Crippen molar-refractivity contribution in [2.45, 2.75) is 76.8 Å². The molecule has 118 valence electrons. The van der Waals surface area contributed by atoms with Crippen molar-refractivity contribution in [2.75, 3.05) is 0 Å². The van der Waals surface area contributed by atoms with Crippen LogP contribution in [0, 0.1) is 5.39 Å². The third-order valence-corrected chi connectivity index (χ3v) is 9.02. The third-order valence-electron chi connectivity index (χ3n) is 4.56. The van der Waals surface area contributed by atoms with Crippen molar-refractivity contribution in [3.63, 3.8) is 0 Å². The molecule has 0 aromatic carbocycles. The van der Waals surface area contributed by atoms with Crippen molar-refractivity contribution < 1.29 is 19.0 Å². The minimum atomic E-state index is -2.12. The molecule has 1 aliphatic carbocycles. The van der Waals surface area contributed by atoms with E-state index in [0.29, 0.717) is 0 Å². The molecule has 21 heavy (non-hydrogen) atoms. The molecule has 7 heteroatoms. The molecule has 1 saturated heterocycles. The average molecular weight is 313 g/mol. The van der Waals surface area contributed by atoms with Crippen LogP contribution in [0.15, 0.2) is 11.5 Å². The summed E-state index contributed by atoms with van der Waals surface area (Å²) >= 11 is 0. The molecule has 6 nitrogen and oxygen atoms in total. The SMILES string of the molecule is CC1(C)O[C@@H]2[C@H](O[Si](C)(C)C(C)(C)C)C([N+]#N)=C(O)[C@@H]2O1. The van der Waals surface area contributed by atoms with Gasteiger partial charge in [-0.25, -0.2) is 0 Å². The minimum Gasteiger partial charge on any atom is -0.503 e. The number of diazo groups is 1. The highest BCUT2D eigenvalue weighted by Gasteiger charge is 2.62. The molecule has 1 N–H and O–H groups in total. The van der Waals surface area contributed by atoms with Gasteiger partial charge in [0.05, 0.1) is 0 Å². The van der Waals surface area contributed by atoms with E-state index < -0.39 is 32.4 Å². The molecule has 0 spiro atoms. The summed E-state index contributed by atoms with van der Waals surface area (Å²) in [6.45, 7) is 14.2. The lowest BCUT2D eigenvalue weighted by atomic mass is 10.2. The van der Waals surface area contributed by atoms with E-state index in [0.717, 1.165) is 0 Å². The number of nitrogens with zero attached hydrogens (tertiary/aromatic N) is 2. The van der Waals surface area contributed by atoms with Crippen LogP contribution in [0.4, 0.5) is 0 Å². The fourth-order valence-electron chi connectivity index (χ4n) is 2.39. The summed E-state index contributed by atoms with van der Waals surface area (Å²) in [5.74, 6) is -0.893. The lowest BCUT2D eigenvalue weighted by Gasteiger charge is -2.38. The molecule has 0 amide bonds. The molecule has 0 saturated carbocycles. The van der Waals surface area contributed by atoms with E-state index in [4.69, 9.17) is 13.9 Å². The summed E-state index contributed by atoms with van der Waals surface area (Å²) in [4.78, 5) is 3.21. The van der Waals surface area contributed by atoms with E-state index in [2.05, 4.69) is 38.8 Å². The predicted octanol–water partition coefficient (Wildman–Crippen LogP) is 3.53. The van der Waals surface area contributed by atoms with E-state index in [-0.39, 0.29) is 16.5 Å². The van der Waals surface area contributed by atoms with Crippen LogP contribution in [0.1, 0.15) is 34.6 Å². The summed E-state index contributed by atoms with van der Waals surface area (Å²) in [7, 11) is -2.12. The Balaban J connectivity index is 2.33. The largest absolute Gasteiger partial charge is 0.503 e. The zero-order valence-electron chi connectivity index (χ0n) is 13.8. The van der Waals surface area contributed by atoms with Crippen LogP contribution >= 0.6 is 0 Å². The second-order valence-corrected chi connectivity index (χ2v) is 12.4. The van der Waals surface area contributed by atoms with Gasteiger partial charge >= 0.3 is 5.70 Å². The van der Waals surface area contributed by atoms with Crippen LogP contribution in [0.25, 0.3) is 4.98 Å². The van der Waals surface area contributed by atoms with Crippen LogP contribution in [0.5, 0.6) is 0 Å². The number of fused-ring (bicyclic) bond motifs is 1. The molecule has 1 heterocycles. The van der Waals surface area contributed by atoms with Gasteiger partial charge in [-0.2, -0.15) is 0 Å². The predicted molar refractivity (Wildman–Crippen MR) is 80.6 cm³/mol. The first-order valence-electron chi connectivity index (χ1n) is 7.21. The van der Waals surface area contributed by atoms with Gasteiger partial charge in [-0.05, 0) is 32.0 Å². The van der Waals surface area contributed by atoms with E-state index >= 15 is 0 Å². The normalized spacial score (nSPS) is 32.2. The van der Waals surface area contributed by atoms with Gasteiger partial charge in [0.25, 0.3) is 0 Å². The number of ether oxygens (including phenoxy) is 2. The van der Waals surface area contributed by atoms with Crippen molar-refractivity contribution in [3.8, 4) is 0 Å². The topological polar surface area (TPSA) is 76.1 Å². The molecule has 0 unspecified atom stereocenters. The molecule has 0 radical (unpaired) electrons. The summed E-state index contributed by atoms with van der Waals surface area (Å²) in [5.41, 5.74) is 0.116. The molecular formula is C14H25N2O4Si+. The maximum Gasteiger partial charge on any atom is 0.431 e. The monoisotopic (exact) mass is 313 g/mol. The van der Waals surface area contributed by atoms with Crippen LogP contribution in [-0.2, 0) is 13.9 Å². The molecule has 1 fully saturated rings. The van der Waals surface area contributed by atoms with E-state index in [1.54, 1.807) is 13.8 Å².